The zero-order valence-corrected chi connectivity index (χ0v) is 12.9. The Morgan fingerprint density at radius 2 is 1.27 bits per heavy atom. The number of rotatable bonds is 4. The highest BCUT2D eigenvalue weighted by atomic mass is 19.1. The molecule has 1 amide bonds. The van der Waals surface area contributed by atoms with Crippen LogP contribution in [0.3, 0.4) is 0 Å². The third kappa shape index (κ3) is 3.61. The lowest BCUT2D eigenvalue weighted by atomic mass is 10.2. The van der Waals surface area contributed by atoms with Gasteiger partial charge in [0.1, 0.15) is 34.6 Å². The first kappa shape index (κ1) is 17.3. The first-order chi connectivity index (χ1) is 12.5. The average molecular weight is 362 g/mol. The van der Waals surface area contributed by atoms with Crippen LogP contribution < -0.4 is 10.6 Å². The molecule has 0 unspecified atom stereocenters. The van der Waals surface area contributed by atoms with E-state index in [1.54, 1.807) is 0 Å². The maximum absolute atomic E-state index is 13.6. The molecule has 3 aromatic rings. The Morgan fingerprint density at radius 3 is 1.77 bits per heavy atom. The highest BCUT2D eigenvalue weighted by Gasteiger charge is 2.15. The standard InChI is InChI=1S/C17H10F4N4O/c18-9-3-1-4-10(19)15(9)22-14-8-7-13(24-25-14)17(26)23-16-11(20)5-2-6-12(16)21/h1-8H,(H,22,25)(H,23,26). The number of amides is 1. The Labute approximate surface area is 144 Å². The van der Waals surface area contributed by atoms with Crippen LogP contribution in [0.25, 0.3) is 0 Å². The molecule has 0 spiro atoms. The van der Waals surface area contributed by atoms with Crippen molar-refractivity contribution in [3.05, 3.63) is 77.5 Å². The van der Waals surface area contributed by atoms with E-state index < -0.39 is 40.6 Å². The van der Waals surface area contributed by atoms with Crippen LogP contribution in [0.2, 0.25) is 0 Å². The number of anilines is 3. The van der Waals surface area contributed by atoms with Gasteiger partial charge in [-0.25, -0.2) is 17.6 Å². The molecule has 0 aliphatic rings. The summed E-state index contributed by atoms with van der Waals surface area (Å²) in [7, 11) is 0. The summed E-state index contributed by atoms with van der Waals surface area (Å²) in [5.74, 6) is -4.47. The minimum atomic E-state index is -0.945. The molecule has 0 aliphatic carbocycles. The van der Waals surface area contributed by atoms with Crippen molar-refractivity contribution in [3.63, 3.8) is 0 Å². The van der Waals surface area contributed by atoms with Gasteiger partial charge in [0.15, 0.2) is 11.5 Å². The maximum Gasteiger partial charge on any atom is 0.276 e. The van der Waals surface area contributed by atoms with Gasteiger partial charge in [-0.05, 0) is 36.4 Å². The first-order valence-electron chi connectivity index (χ1n) is 7.26. The molecule has 132 valence electrons. The van der Waals surface area contributed by atoms with Crippen molar-refractivity contribution >= 4 is 23.1 Å². The second kappa shape index (κ2) is 7.18. The molecule has 2 N–H and O–H groups in total. The van der Waals surface area contributed by atoms with Gasteiger partial charge < -0.3 is 10.6 Å². The number of hydrogen-bond donors (Lipinski definition) is 2. The van der Waals surface area contributed by atoms with Gasteiger partial charge in [0.05, 0.1) is 0 Å². The fourth-order valence-corrected chi connectivity index (χ4v) is 2.06. The number of benzene rings is 2. The fraction of sp³-hybridized carbons (Fsp3) is 0. The van der Waals surface area contributed by atoms with Gasteiger partial charge in [0.2, 0.25) is 0 Å². The molecular weight excluding hydrogens is 352 g/mol. The van der Waals surface area contributed by atoms with Crippen LogP contribution in [0.15, 0.2) is 48.5 Å². The molecule has 26 heavy (non-hydrogen) atoms. The number of nitrogens with one attached hydrogen (secondary N) is 2. The number of aromatic nitrogens is 2. The van der Waals surface area contributed by atoms with Crippen molar-refractivity contribution in [2.45, 2.75) is 0 Å². The van der Waals surface area contributed by atoms with Crippen LogP contribution in [0, 0.1) is 23.3 Å². The molecule has 0 bridgehead atoms. The van der Waals surface area contributed by atoms with Crippen LogP contribution in [0.1, 0.15) is 10.5 Å². The topological polar surface area (TPSA) is 66.9 Å². The Kier molecular flexibility index (Phi) is 4.78. The lowest BCUT2D eigenvalue weighted by Crippen LogP contribution is -2.16. The molecule has 3 rings (SSSR count). The molecule has 0 saturated heterocycles. The van der Waals surface area contributed by atoms with Gasteiger partial charge in [-0.3, -0.25) is 4.79 Å². The number of carbonyl (C=O) groups is 1. The second-order valence-corrected chi connectivity index (χ2v) is 5.08. The maximum atomic E-state index is 13.6. The van der Waals surface area contributed by atoms with E-state index in [0.717, 1.165) is 30.3 Å². The van der Waals surface area contributed by atoms with Gasteiger partial charge in [0, 0.05) is 0 Å². The quantitative estimate of drug-likeness (QED) is 0.688. The van der Waals surface area contributed by atoms with E-state index in [-0.39, 0.29) is 11.5 Å². The molecule has 0 radical (unpaired) electrons. The van der Waals surface area contributed by atoms with Crippen molar-refractivity contribution in [2.75, 3.05) is 10.6 Å². The van der Waals surface area contributed by atoms with E-state index in [0.29, 0.717) is 0 Å². The number of halogens is 4. The molecular formula is C17H10F4N4O. The summed E-state index contributed by atoms with van der Waals surface area (Å²) in [5.41, 5.74) is -1.28. The van der Waals surface area contributed by atoms with Gasteiger partial charge in [-0.2, -0.15) is 0 Å². The number of carbonyl (C=O) groups excluding carboxylic acids is 1. The second-order valence-electron chi connectivity index (χ2n) is 5.08. The fourth-order valence-electron chi connectivity index (χ4n) is 2.06. The Bertz CT molecular complexity index is 923. The largest absolute Gasteiger partial charge is 0.334 e. The summed E-state index contributed by atoms with van der Waals surface area (Å²) in [6.07, 6.45) is 0. The number of para-hydroxylation sites is 2. The van der Waals surface area contributed by atoms with Gasteiger partial charge in [0.25, 0.3) is 5.91 Å². The van der Waals surface area contributed by atoms with E-state index in [2.05, 4.69) is 20.8 Å². The van der Waals surface area contributed by atoms with Gasteiger partial charge in [-0.15, -0.1) is 10.2 Å². The van der Waals surface area contributed by atoms with Crippen molar-refractivity contribution in [1.82, 2.24) is 10.2 Å². The van der Waals surface area contributed by atoms with E-state index in [1.165, 1.54) is 18.2 Å². The zero-order chi connectivity index (χ0) is 18.7. The highest BCUT2D eigenvalue weighted by Crippen LogP contribution is 2.22. The van der Waals surface area contributed by atoms with Crippen molar-refractivity contribution in [2.24, 2.45) is 0 Å². The Morgan fingerprint density at radius 1 is 0.731 bits per heavy atom. The van der Waals surface area contributed by atoms with Crippen molar-refractivity contribution in [3.8, 4) is 0 Å². The van der Waals surface area contributed by atoms with Crippen LogP contribution in [-0.4, -0.2) is 16.1 Å². The van der Waals surface area contributed by atoms with Crippen molar-refractivity contribution < 1.29 is 22.4 Å². The lowest BCUT2D eigenvalue weighted by molar-refractivity contribution is 0.102. The third-order valence-electron chi connectivity index (χ3n) is 3.31. The molecule has 9 heteroatoms. The smallest absolute Gasteiger partial charge is 0.276 e. The molecule has 1 aromatic heterocycles. The van der Waals surface area contributed by atoms with Crippen LogP contribution in [0.4, 0.5) is 34.8 Å². The molecule has 0 fully saturated rings. The average Bonchev–Trinajstić information content (AvgIpc) is 2.62. The Hall–Kier alpha value is -3.49. The minimum absolute atomic E-state index is 0.0253. The first-order valence-corrected chi connectivity index (χ1v) is 7.26. The predicted molar refractivity (Wildman–Crippen MR) is 86.0 cm³/mol. The molecule has 1 heterocycles. The Balaban J connectivity index is 1.76. The minimum Gasteiger partial charge on any atom is -0.334 e. The zero-order valence-electron chi connectivity index (χ0n) is 12.9. The van der Waals surface area contributed by atoms with E-state index >= 15 is 0 Å². The van der Waals surface area contributed by atoms with Gasteiger partial charge >= 0.3 is 0 Å². The molecule has 0 aliphatic heterocycles. The van der Waals surface area contributed by atoms with E-state index in [1.807, 2.05) is 0 Å². The van der Waals surface area contributed by atoms with Crippen LogP contribution in [-0.2, 0) is 0 Å². The molecule has 0 atom stereocenters. The highest BCUT2D eigenvalue weighted by molar-refractivity contribution is 6.02. The normalized spacial score (nSPS) is 10.5. The van der Waals surface area contributed by atoms with Crippen LogP contribution in [0.5, 0.6) is 0 Å². The molecule has 2 aromatic carbocycles. The summed E-state index contributed by atoms with van der Waals surface area (Å²) in [6.45, 7) is 0. The SMILES string of the molecule is O=C(Nc1c(F)cccc1F)c1ccc(Nc2c(F)cccc2F)nn1. The number of nitrogens with zero attached hydrogens (tertiary/aromatic N) is 2. The van der Waals surface area contributed by atoms with Crippen LogP contribution >= 0.6 is 0 Å². The third-order valence-corrected chi connectivity index (χ3v) is 3.31. The summed E-state index contributed by atoms with van der Waals surface area (Å²) >= 11 is 0. The van der Waals surface area contributed by atoms with E-state index in [4.69, 9.17) is 0 Å². The van der Waals surface area contributed by atoms with Gasteiger partial charge in [-0.1, -0.05) is 12.1 Å². The van der Waals surface area contributed by atoms with Crippen molar-refractivity contribution in [1.29, 1.82) is 0 Å². The number of hydrogen-bond acceptors (Lipinski definition) is 4. The molecule has 5 nitrogen and oxygen atoms in total. The summed E-state index contributed by atoms with van der Waals surface area (Å²) in [5, 5.41) is 11.6. The van der Waals surface area contributed by atoms with E-state index in [9.17, 15) is 22.4 Å². The predicted octanol–water partition coefficient (Wildman–Crippen LogP) is 4.03. The summed E-state index contributed by atoms with van der Waals surface area (Å²) in [4.78, 5) is 12.0. The summed E-state index contributed by atoms with van der Waals surface area (Å²) in [6, 6.07) is 8.88. The molecule has 0 saturated carbocycles. The lowest BCUT2D eigenvalue weighted by Gasteiger charge is -2.09. The monoisotopic (exact) mass is 362 g/mol. The summed E-state index contributed by atoms with van der Waals surface area (Å²) < 4.78 is 54.2.